The van der Waals surface area contributed by atoms with Crippen molar-refractivity contribution in [2.75, 3.05) is 13.6 Å². The van der Waals surface area contributed by atoms with E-state index in [1.807, 2.05) is 19.2 Å². The van der Waals surface area contributed by atoms with Gasteiger partial charge in [-0.3, -0.25) is 0 Å². The Hall–Kier alpha value is -1.22. The molecule has 3 heteroatoms. The van der Waals surface area contributed by atoms with Gasteiger partial charge in [-0.25, -0.2) is 0 Å². The molecule has 1 aromatic carbocycles. The highest BCUT2D eigenvalue weighted by molar-refractivity contribution is 5.47. The van der Waals surface area contributed by atoms with Crippen LogP contribution in [-0.2, 0) is 6.42 Å². The molecule has 1 aliphatic rings. The molecular weight excluding hydrogens is 214 g/mol. The van der Waals surface area contributed by atoms with Gasteiger partial charge in [0.15, 0.2) is 11.5 Å². The number of rotatable bonds is 4. The molecule has 17 heavy (non-hydrogen) atoms. The Balaban J connectivity index is 2.09. The monoisotopic (exact) mass is 235 g/mol. The number of fused-ring (bicyclic) bond motifs is 1. The van der Waals surface area contributed by atoms with Crippen molar-refractivity contribution in [1.29, 1.82) is 0 Å². The van der Waals surface area contributed by atoms with Crippen molar-refractivity contribution in [2.45, 2.75) is 38.2 Å². The van der Waals surface area contributed by atoms with E-state index in [4.69, 9.17) is 4.74 Å². The second kappa shape index (κ2) is 4.96. The number of para-hydroxylation sites is 1. The number of aromatic hydroxyl groups is 1. The lowest BCUT2D eigenvalue weighted by molar-refractivity contribution is 0.0511. The normalized spacial score (nSPS) is 22.9. The van der Waals surface area contributed by atoms with Gasteiger partial charge >= 0.3 is 0 Å². The number of hydrogen-bond acceptors (Lipinski definition) is 3. The van der Waals surface area contributed by atoms with Crippen molar-refractivity contribution in [1.82, 2.24) is 5.32 Å². The lowest BCUT2D eigenvalue weighted by Gasteiger charge is -2.36. The smallest absolute Gasteiger partial charge is 0.164 e. The zero-order valence-corrected chi connectivity index (χ0v) is 10.6. The van der Waals surface area contributed by atoms with Gasteiger partial charge in [-0.2, -0.15) is 0 Å². The molecule has 0 saturated carbocycles. The predicted molar refractivity (Wildman–Crippen MR) is 68.6 cm³/mol. The summed E-state index contributed by atoms with van der Waals surface area (Å²) in [4.78, 5) is 0. The molecule has 0 aliphatic carbocycles. The minimum absolute atomic E-state index is 0.136. The summed E-state index contributed by atoms with van der Waals surface area (Å²) in [5.74, 6) is 0.952. The van der Waals surface area contributed by atoms with Crippen LogP contribution in [-0.4, -0.2) is 24.3 Å². The highest BCUT2D eigenvalue weighted by Crippen LogP contribution is 2.40. The van der Waals surface area contributed by atoms with E-state index in [9.17, 15) is 5.11 Å². The average Bonchev–Trinajstić information content (AvgIpc) is 2.31. The van der Waals surface area contributed by atoms with Gasteiger partial charge < -0.3 is 15.2 Å². The SMILES string of the molecule is CNCCCC1(C)CCc2cccc(O)c2O1. The summed E-state index contributed by atoms with van der Waals surface area (Å²) < 4.78 is 6.02. The number of nitrogens with one attached hydrogen (secondary N) is 1. The molecule has 1 unspecified atom stereocenters. The highest BCUT2D eigenvalue weighted by atomic mass is 16.5. The van der Waals surface area contributed by atoms with E-state index >= 15 is 0 Å². The molecule has 2 rings (SSSR count). The Morgan fingerprint density at radius 3 is 3.06 bits per heavy atom. The maximum absolute atomic E-state index is 9.82. The minimum Gasteiger partial charge on any atom is -0.504 e. The molecule has 0 saturated heterocycles. The first-order valence-electron chi connectivity index (χ1n) is 6.29. The zero-order chi connectivity index (χ0) is 12.3. The molecule has 0 bridgehead atoms. The molecule has 0 amide bonds. The Morgan fingerprint density at radius 2 is 2.29 bits per heavy atom. The third kappa shape index (κ3) is 2.72. The molecule has 0 spiro atoms. The van der Waals surface area contributed by atoms with E-state index in [0.29, 0.717) is 5.75 Å². The van der Waals surface area contributed by atoms with Crippen LogP contribution < -0.4 is 10.1 Å². The lowest BCUT2D eigenvalue weighted by atomic mass is 9.88. The first-order chi connectivity index (χ1) is 8.14. The standard InChI is InChI=1S/C14H21NO2/c1-14(8-4-10-15-2)9-7-11-5-3-6-12(16)13(11)17-14/h3,5-6,15-16H,4,7-10H2,1-2H3. The van der Waals surface area contributed by atoms with Crippen LogP contribution in [0, 0.1) is 0 Å². The maximum Gasteiger partial charge on any atom is 0.164 e. The van der Waals surface area contributed by atoms with Crippen molar-refractivity contribution in [3.05, 3.63) is 23.8 Å². The topological polar surface area (TPSA) is 41.5 Å². The highest BCUT2D eigenvalue weighted by Gasteiger charge is 2.32. The first kappa shape index (κ1) is 12.2. The summed E-state index contributed by atoms with van der Waals surface area (Å²) in [6.45, 7) is 3.14. The van der Waals surface area contributed by atoms with Gasteiger partial charge in [0.25, 0.3) is 0 Å². The van der Waals surface area contributed by atoms with E-state index in [-0.39, 0.29) is 11.4 Å². The molecule has 94 valence electrons. The van der Waals surface area contributed by atoms with Crippen LogP contribution in [0.2, 0.25) is 0 Å². The summed E-state index contributed by atoms with van der Waals surface area (Å²) in [5.41, 5.74) is 0.985. The van der Waals surface area contributed by atoms with E-state index in [1.165, 1.54) is 0 Å². The van der Waals surface area contributed by atoms with Crippen molar-refractivity contribution in [3.63, 3.8) is 0 Å². The Kier molecular flexibility index (Phi) is 3.57. The lowest BCUT2D eigenvalue weighted by Crippen LogP contribution is -2.36. The molecule has 1 atom stereocenters. The third-order valence-corrected chi connectivity index (χ3v) is 3.48. The fraction of sp³-hybridized carbons (Fsp3) is 0.571. The molecule has 0 fully saturated rings. The number of hydrogen-bond donors (Lipinski definition) is 2. The molecule has 3 nitrogen and oxygen atoms in total. The summed E-state index contributed by atoms with van der Waals surface area (Å²) >= 11 is 0. The van der Waals surface area contributed by atoms with Crippen molar-refractivity contribution < 1.29 is 9.84 Å². The summed E-state index contributed by atoms with van der Waals surface area (Å²) in [6.07, 6.45) is 4.12. The van der Waals surface area contributed by atoms with Gasteiger partial charge in [-0.15, -0.1) is 0 Å². The van der Waals surface area contributed by atoms with Gasteiger partial charge in [0, 0.05) is 0 Å². The minimum atomic E-state index is -0.136. The second-order valence-electron chi connectivity index (χ2n) is 5.02. The quantitative estimate of drug-likeness (QED) is 0.788. The van der Waals surface area contributed by atoms with E-state index in [2.05, 4.69) is 12.2 Å². The van der Waals surface area contributed by atoms with Crippen LogP contribution in [0.1, 0.15) is 31.7 Å². The van der Waals surface area contributed by atoms with Crippen LogP contribution in [0.25, 0.3) is 0 Å². The van der Waals surface area contributed by atoms with Gasteiger partial charge in [-0.05, 0) is 57.8 Å². The van der Waals surface area contributed by atoms with E-state index in [0.717, 1.165) is 37.8 Å². The number of phenols is 1. The maximum atomic E-state index is 9.82. The van der Waals surface area contributed by atoms with Crippen LogP contribution in [0.4, 0.5) is 0 Å². The second-order valence-corrected chi connectivity index (χ2v) is 5.02. The fourth-order valence-electron chi connectivity index (χ4n) is 2.40. The summed E-state index contributed by atoms with van der Waals surface area (Å²) in [7, 11) is 1.96. The number of ether oxygens (including phenoxy) is 1. The fourth-order valence-corrected chi connectivity index (χ4v) is 2.40. The molecular formula is C14H21NO2. The molecule has 2 N–H and O–H groups in total. The molecule has 1 heterocycles. The van der Waals surface area contributed by atoms with Crippen LogP contribution >= 0.6 is 0 Å². The first-order valence-corrected chi connectivity index (χ1v) is 6.29. The van der Waals surface area contributed by atoms with Crippen LogP contribution in [0.5, 0.6) is 11.5 Å². The number of phenolic OH excluding ortho intramolecular Hbond substituents is 1. The van der Waals surface area contributed by atoms with Crippen LogP contribution in [0.15, 0.2) is 18.2 Å². The van der Waals surface area contributed by atoms with Gasteiger partial charge in [0.05, 0.1) is 0 Å². The Labute approximate surface area is 103 Å². The van der Waals surface area contributed by atoms with E-state index in [1.54, 1.807) is 6.07 Å². The third-order valence-electron chi connectivity index (χ3n) is 3.48. The molecule has 1 aromatic rings. The largest absolute Gasteiger partial charge is 0.504 e. The predicted octanol–water partition coefficient (Wildman–Crippen LogP) is 2.48. The van der Waals surface area contributed by atoms with Crippen molar-refractivity contribution in [2.24, 2.45) is 0 Å². The summed E-state index contributed by atoms with van der Waals surface area (Å²) in [5, 5.41) is 13.0. The molecule has 0 radical (unpaired) electrons. The average molecular weight is 235 g/mol. The van der Waals surface area contributed by atoms with Gasteiger partial charge in [0.2, 0.25) is 0 Å². The van der Waals surface area contributed by atoms with E-state index < -0.39 is 0 Å². The van der Waals surface area contributed by atoms with Gasteiger partial charge in [0.1, 0.15) is 5.60 Å². The summed E-state index contributed by atoms with van der Waals surface area (Å²) in [6, 6.07) is 5.60. The van der Waals surface area contributed by atoms with Gasteiger partial charge in [-0.1, -0.05) is 12.1 Å². The van der Waals surface area contributed by atoms with Crippen LogP contribution in [0.3, 0.4) is 0 Å². The van der Waals surface area contributed by atoms with Crippen molar-refractivity contribution >= 4 is 0 Å². The number of aryl methyl sites for hydroxylation is 1. The Morgan fingerprint density at radius 1 is 1.47 bits per heavy atom. The zero-order valence-electron chi connectivity index (χ0n) is 10.6. The number of benzene rings is 1. The molecule has 1 aliphatic heterocycles. The molecule has 0 aromatic heterocycles. The van der Waals surface area contributed by atoms with Crippen molar-refractivity contribution in [3.8, 4) is 11.5 Å². The Bertz CT molecular complexity index is 392.